The fourth-order valence-electron chi connectivity index (χ4n) is 5.49. The Bertz CT molecular complexity index is 1830. The molecule has 2 unspecified atom stereocenters. The molecule has 0 radical (unpaired) electrons. The summed E-state index contributed by atoms with van der Waals surface area (Å²) in [5, 5.41) is 15.9. The third-order valence-corrected chi connectivity index (χ3v) is 8.17. The minimum Gasteiger partial charge on any atom is -0.496 e. The van der Waals surface area contributed by atoms with Crippen molar-refractivity contribution in [1.82, 2.24) is 14.9 Å². The number of sulfonamides is 1. The number of nitrogens with zero attached hydrogens (tertiary/aromatic N) is 4. The lowest BCUT2D eigenvalue weighted by atomic mass is 9.96. The summed E-state index contributed by atoms with van der Waals surface area (Å²) in [5.74, 6) is 0.692. The van der Waals surface area contributed by atoms with Gasteiger partial charge in [0.15, 0.2) is 5.11 Å². The lowest BCUT2D eigenvalue weighted by Gasteiger charge is -2.29. The lowest BCUT2D eigenvalue weighted by Crippen LogP contribution is -2.29. The number of rotatable bonds is 9. The van der Waals surface area contributed by atoms with Crippen LogP contribution in [0.4, 0.5) is 17.1 Å². The largest absolute Gasteiger partial charge is 0.496 e. The molecule has 14 heteroatoms. The average molecular weight is 623 g/mol. The van der Waals surface area contributed by atoms with Gasteiger partial charge in [-0.3, -0.25) is 19.8 Å². The van der Waals surface area contributed by atoms with E-state index in [2.05, 4.69) is 15.0 Å². The van der Waals surface area contributed by atoms with Crippen molar-refractivity contribution >= 4 is 44.4 Å². The van der Waals surface area contributed by atoms with Crippen molar-refractivity contribution in [3.63, 3.8) is 0 Å². The molecule has 1 fully saturated rings. The van der Waals surface area contributed by atoms with E-state index >= 15 is 0 Å². The van der Waals surface area contributed by atoms with Crippen LogP contribution in [0.5, 0.6) is 11.5 Å². The Morgan fingerprint density at radius 3 is 2.47 bits per heavy atom. The van der Waals surface area contributed by atoms with Gasteiger partial charge in [-0.05, 0) is 74.1 Å². The van der Waals surface area contributed by atoms with Gasteiger partial charge in [-0.2, -0.15) is 0 Å². The third-order valence-electron chi connectivity index (χ3n) is 7.27. The standard InChI is InChI=1S/C29H30N6O6S2/c1-17-14-21(18(2)33(17)24-12-10-20(40-3)16-25(24)35(36)37)28-27(23-8-6-7-13-30-23)31-29(42)34(28)19-9-11-22(26(15-19)41-4)32-43(5,38)39/h6-16,27-28,32H,1-5H3,(H,31,42). The van der Waals surface area contributed by atoms with Gasteiger partial charge in [-0.1, -0.05) is 6.07 Å². The maximum Gasteiger partial charge on any atom is 0.296 e. The minimum absolute atomic E-state index is 0.0930. The van der Waals surface area contributed by atoms with Gasteiger partial charge in [0.2, 0.25) is 10.0 Å². The number of pyridine rings is 1. The Kier molecular flexibility index (Phi) is 7.99. The number of methoxy groups -OCH3 is 2. The molecule has 4 aromatic rings. The molecule has 1 aliphatic rings. The molecule has 1 saturated heterocycles. The maximum absolute atomic E-state index is 12.1. The van der Waals surface area contributed by atoms with Crippen molar-refractivity contribution < 1.29 is 22.8 Å². The van der Waals surface area contributed by atoms with Crippen molar-refractivity contribution in [3.8, 4) is 17.2 Å². The zero-order chi connectivity index (χ0) is 31.1. The van der Waals surface area contributed by atoms with Crippen LogP contribution in [0.3, 0.4) is 0 Å². The normalized spacial score (nSPS) is 16.6. The highest BCUT2D eigenvalue weighted by Crippen LogP contribution is 2.45. The molecule has 2 N–H and O–H groups in total. The molecular weight excluding hydrogens is 592 g/mol. The number of aryl methyl sites for hydroxylation is 1. The van der Waals surface area contributed by atoms with Gasteiger partial charge in [-0.15, -0.1) is 0 Å². The van der Waals surface area contributed by atoms with Crippen molar-refractivity contribution in [2.75, 3.05) is 30.1 Å². The summed E-state index contributed by atoms with van der Waals surface area (Å²) in [7, 11) is -0.630. The van der Waals surface area contributed by atoms with E-state index in [9.17, 15) is 18.5 Å². The van der Waals surface area contributed by atoms with Crippen LogP contribution >= 0.6 is 12.2 Å². The van der Waals surface area contributed by atoms with Gasteiger partial charge < -0.3 is 24.3 Å². The van der Waals surface area contributed by atoms with Crippen LogP contribution < -0.4 is 24.4 Å². The highest BCUT2D eigenvalue weighted by Gasteiger charge is 2.42. The number of aromatic nitrogens is 2. The van der Waals surface area contributed by atoms with E-state index in [0.29, 0.717) is 28.0 Å². The predicted octanol–water partition coefficient (Wildman–Crippen LogP) is 4.96. The van der Waals surface area contributed by atoms with Gasteiger partial charge in [-0.25, -0.2) is 8.42 Å². The zero-order valence-corrected chi connectivity index (χ0v) is 25.7. The van der Waals surface area contributed by atoms with E-state index < -0.39 is 21.0 Å². The van der Waals surface area contributed by atoms with E-state index in [4.69, 9.17) is 21.7 Å². The second-order valence-corrected chi connectivity index (χ2v) is 12.2. The van der Waals surface area contributed by atoms with Crippen LogP contribution in [-0.4, -0.2) is 48.5 Å². The molecule has 0 aliphatic carbocycles. The molecule has 224 valence electrons. The maximum atomic E-state index is 12.1. The summed E-state index contributed by atoms with van der Waals surface area (Å²) >= 11 is 5.86. The molecule has 5 rings (SSSR count). The fraction of sp³-hybridized carbons (Fsp3) is 0.241. The average Bonchev–Trinajstić information content (AvgIpc) is 3.47. The molecule has 2 aromatic carbocycles. The van der Waals surface area contributed by atoms with Gasteiger partial charge in [0.1, 0.15) is 17.2 Å². The van der Waals surface area contributed by atoms with E-state index in [-0.39, 0.29) is 17.4 Å². The summed E-state index contributed by atoms with van der Waals surface area (Å²) in [4.78, 5) is 18.2. The highest BCUT2D eigenvalue weighted by molar-refractivity contribution is 7.92. The topological polar surface area (TPSA) is 141 Å². The Labute approximate surface area is 254 Å². The Balaban J connectivity index is 1.69. The Morgan fingerprint density at radius 2 is 1.84 bits per heavy atom. The van der Waals surface area contributed by atoms with Gasteiger partial charge in [0, 0.05) is 29.3 Å². The smallest absolute Gasteiger partial charge is 0.296 e. The molecular formula is C29H30N6O6S2. The Morgan fingerprint density at radius 1 is 1.07 bits per heavy atom. The molecule has 2 atom stereocenters. The number of ether oxygens (including phenoxy) is 2. The molecule has 1 aliphatic heterocycles. The summed E-state index contributed by atoms with van der Waals surface area (Å²) in [6.45, 7) is 3.80. The lowest BCUT2D eigenvalue weighted by molar-refractivity contribution is -0.384. The van der Waals surface area contributed by atoms with Crippen LogP contribution in [0.25, 0.3) is 5.69 Å². The SMILES string of the molecule is COc1ccc(-n2c(C)cc(C3C(c4ccccn4)NC(=S)N3c3ccc(NS(C)(=O)=O)c(OC)c3)c2C)c([N+](=O)[O-])c1. The second kappa shape index (κ2) is 11.5. The number of thiocarbonyl (C=S) groups is 1. The minimum atomic E-state index is -3.55. The zero-order valence-electron chi connectivity index (χ0n) is 24.1. The Hall–Kier alpha value is -4.69. The first kappa shape index (κ1) is 29.8. The number of anilines is 2. The molecule has 12 nitrogen and oxygen atoms in total. The summed E-state index contributed by atoms with van der Waals surface area (Å²) < 4.78 is 38.9. The number of nitro groups is 1. The van der Waals surface area contributed by atoms with E-state index in [1.807, 2.05) is 47.6 Å². The summed E-state index contributed by atoms with van der Waals surface area (Å²) in [6.07, 6.45) is 2.77. The van der Waals surface area contributed by atoms with Crippen molar-refractivity contribution in [2.45, 2.75) is 25.9 Å². The van der Waals surface area contributed by atoms with Crippen LogP contribution in [0, 0.1) is 24.0 Å². The first-order chi connectivity index (χ1) is 20.4. The van der Waals surface area contributed by atoms with Crippen LogP contribution in [0.2, 0.25) is 0 Å². The molecule has 0 spiro atoms. The van der Waals surface area contributed by atoms with Gasteiger partial charge in [0.25, 0.3) is 5.69 Å². The monoisotopic (exact) mass is 622 g/mol. The first-order valence-corrected chi connectivity index (χ1v) is 15.4. The number of nitro benzene ring substituents is 1. The quantitative estimate of drug-likeness (QED) is 0.149. The van der Waals surface area contributed by atoms with Crippen LogP contribution in [0.15, 0.2) is 66.9 Å². The molecule has 43 heavy (non-hydrogen) atoms. The highest BCUT2D eigenvalue weighted by atomic mass is 32.2. The van der Waals surface area contributed by atoms with Crippen LogP contribution in [0.1, 0.15) is 34.7 Å². The number of hydrogen-bond donors (Lipinski definition) is 2. The fourth-order valence-corrected chi connectivity index (χ4v) is 6.40. The molecule has 3 heterocycles. The van der Waals surface area contributed by atoms with E-state index in [1.165, 1.54) is 20.3 Å². The molecule has 0 bridgehead atoms. The van der Waals surface area contributed by atoms with E-state index in [1.54, 1.807) is 36.5 Å². The number of hydrogen-bond acceptors (Lipinski definition) is 8. The summed E-state index contributed by atoms with van der Waals surface area (Å²) in [6, 6.07) is 16.7. The van der Waals surface area contributed by atoms with Crippen LogP contribution in [-0.2, 0) is 10.0 Å². The van der Waals surface area contributed by atoms with Crippen molar-refractivity contribution in [1.29, 1.82) is 0 Å². The molecule has 0 saturated carbocycles. The molecule has 0 amide bonds. The second-order valence-electron chi connectivity index (χ2n) is 10.0. The first-order valence-electron chi connectivity index (χ1n) is 13.1. The summed E-state index contributed by atoms with van der Waals surface area (Å²) in [5.41, 5.74) is 4.41. The van der Waals surface area contributed by atoms with Crippen molar-refractivity contribution in [3.05, 3.63) is 99.6 Å². The van der Waals surface area contributed by atoms with Gasteiger partial charge in [0.05, 0.1) is 54.9 Å². The third kappa shape index (κ3) is 5.70. The number of nitrogens with one attached hydrogen (secondary N) is 2. The van der Waals surface area contributed by atoms with Crippen molar-refractivity contribution in [2.24, 2.45) is 0 Å². The number of benzene rings is 2. The predicted molar refractivity (Wildman–Crippen MR) is 168 cm³/mol. The molecule has 2 aromatic heterocycles. The van der Waals surface area contributed by atoms with Gasteiger partial charge >= 0.3 is 0 Å². The van der Waals surface area contributed by atoms with E-state index in [0.717, 1.165) is 28.9 Å².